The molecule has 142 valence electrons. The van der Waals surface area contributed by atoms with E-state index in [-0.39, 0.29) is 24.2 Å². The lowest BCUT2D eigenvalue weighted by Gasteiger charge is -2.17. The van der Waals surface area contributed by atoms with Crippen LogP contribution in [0.5, 0.6) is 5.75 Å². The Bertz CT molecular complexity index is 804. The van der Waals surface area contributed by atoms with Crippen LogP contribution >= 0.6 is 0 Å². The van der Waals surface area contributed by atoms with E-state index in [9.17, 15) is 9.59 Å². The maximum Gasteiger partial charge on any atom is 0.227 e. The molecule has 0 spiro atoms. The molecule has 0 radical (unpaired) electrons. The van der Waals surface area contributed by atoms with Gasteiger partial charge in [-0.15, -0.1) is 0 Å². The van der Waals surface area contributed by atoms with Crippen molar-refractivity contribution in [2.75, 3.05) is 25.7 Å². The number of methoxy groups -OCH3 is 2. The van der Waals surface area contributed by atoms with Crippen molar-refractivity contribution >= 4 is 17.5 Å². The SMILES string of the molecule is COCc1cccc(CNC(=O)C2CC(=O)N(c3ccc(OC)cc3)C2)c1. The van der Waals surface area contributed by atoms with Crippen molar-refractivity contribution in [2.24, 2.45) is 5.92 Å². The highest BCUT2D eigenvalue weighted by Crippen LogP contribution is 2.27. The summed E-state index contributed by atoms with van der Waals surface area (Å²) in [7, 11) is 3.25. The van der Waals surface area contributed by atoms with Gasteiger partial charge in [-0.05, 0) is 35.4 Å². The summed E-state index contributed by atoms with van der Waals surface area (Å²) in [5, 5.41) is 2.94. The number of nitrogens with one attached hydrogen (secondary N) is 1. The third-order valence-corrected chi connectivity index (χ3v) is 4.65. The molecule has 3 rings (SSSR count). The topological polar surface area (TPSA) is 67.9 Å². The number of rotatable bonds is 7. The normalized spacial score (nSPS) is 16.4. The van der Waals surface area contributed by atoms with Gasteiger partial charge in [-0.25, -0.2) is 0 Å². The number of carbonyl (C=O) groups excluding carboxylic acids is 2. The first-order valence-electron chi connectivity index (χ1n) is 8.89. The molecule has 6 nitrogen and oxygen atoms in total. The minimum atomic E-state index is -0.346. The van der Waals surface area contributed by atoms with Crippen molar-refractivity contribution in [1.82, 2.24) is 5.32 Å². The third-order valence-electron chi connectivity index (χ3n) is 4.65. The summed E-state index contributed by atoms with van der Waals surface area (Å²) in [4.78, 5) is 26.5. The van der Waals surface area contributed by atoms with Gasteiger partial charge in [0.05, 0.1) is 19.6 Å². The number of amides is 2. The van der Waals surface area contributed by atoms with Crippen LogP contribution in [0.25, 0.3) is 0 Å². The van der Waals surface area contributed by atoms with Gasteiger partial charge < -0.3 is 19.7 Å². The van der Waals surface area contributed by atoms with Gasteiger partial charge in [0.1, 0.15) is 5.75 Å². The predicted octanol–water partition coefficient (Wildman–Crippen LogP) is 2.51. The summed E-state index contributed by atoms with van der Waals surface area (Å²) in [5.74, 6) is 0.246. The molecule has 1 heterocycles. The Kier molecular flexibility index (Phi) is 6.08. The molecule has 27 heavy (non-hydrogen) atoms. The smallest absolute Gasteiger partial charge is 0.227 e. The van der Waals surface area contributed by atoms with Crippen molar-refractivity contribution in [3.8, 4) is 5.75 Å². The molecule has 1 unspecified atom stereocenters. The first-order chi connectivity index (χ1) is 13.1. The number of anilines is 1. The highest BCUT2D eigenvalue weighted by molar-refractivity contribution is 6.00. The lowest BCUT2D eigenvalue weighted by molar-refractivity contribution is -0.126. The van der Waals surface area contributed by atoms with Crippen LogP contribution in [0, 0.1) is 5.92 Å². The zero-order valence-corrected chi connectivity index (χ0v) is 15.6. The maximum atomic E-state index is 12.5. The Morgan fingerprint density at radius 2 is 1.89 bits per heavy atom. The van der Waals surface area contributed by atoms with Gasteiger partial charge >= 0.3 is 0 Å². The molecular weight excluding hydrogens is 344 g/mol. The number of carbonyl (C=O) groups is 2. The van der Waals surface area contributed by atoms with Gasteiger partial charge in [-0.1, -0.05) is 24.3 Å². The fourth-order valence-corrected chi connectivity index (χ4v) is 3.22. The quantitative estimate of drug-likeness (QED) is 0.815. The van der Waals surface area contributed by atoms with Crippen molar-refractivity contribution in [3.63, 3.8) is 0 Å². The summed E-state index contributed by atoms with van der Waals surface area (Å²) >= 11 is 0. The molecule has 0 aromatic heterocycles. The highest BCUT2D eigenvalue weighted by atomic mass is 16.5. The van der Waals surface area contributed by atoms with Gasteiger partial charge in [0.2, 0.25) is 11.8 Å². The molecule has 2 amide bonds. The Hall–Kier alpha value is -2.86. The molecule has 0 aliphatic carbocycles. The monoisotopic (exact) mass is 368 g/mol. The van der Waals surface area contributed by atoms with Crippen LogP contribution in [0.1, 0.15) is 17.5 Å². The standard InChI is InChI=1S/C21H24N2O4/c1-26-14-16-5-3-4-15(10-16)12-22-21(25)17-11-20(24)23(13-17)18-6-8-19(27-2)9-7-18/h3-10,17H,11-14H2,1-2H3,(H,22,25). The molecule has 1 atom stereocenters. The Balaban J connectivity index is 1.57. The van der Waals surface area contributed by atoms with Gasteiger partial charge in [0.25, 0.3) is 0 Å². The number of benzene rings is 2. The van der Waals surface area contributed by atoms with E-state index in [1.54, 1.807) is 19.1 Å². The van der Waals surface area contributed by atoms with Crippen molar-refractivity contribution < 1.29 is 19.1 Å². The van der Waals surface area contributed by atoms with Gasteiger partial charge in [0.15, 0.2) is 0 Å². The van der Waals surface area contributed by atoms with E-state index in [1.807, 2.05) is 48.5 Å². The molecular formula is C21H24N2O4. The van der Waals surface area contributed by atoms with E-state index in [4.69, 9.17) is 9.47 Å². The number of ether oxygens (including phenoxy) is 2. The van der Waals surface area contributed by atoms with Crippen LogP contribution in [-0.4, -0.2) is 32.6 Å². The molecule has 1 saturated heterocycles. The second-order valence-electron chi connectivity index (χ2n) is 6.57. The second-order valence-corrected chi connectivity index (χ2v) is 6.57. The summed E-state index contributed by atoms with van der Waals surface area (Å²) in [6.07, 6.45) is 0.224. The number of nitrogens with zero attached hydrogens (tertiary/aromatic N) is 1. The van der Waals surface area contributed by atoms with E-state index in [0.29, 0.717) is 19.7 Å². The number of hydrogen-bond acceptors (Lipinski definition) is 4. The highest BCUT2D eigenvalue weighted by Gasteiger charge is 2.34. The average Bonchev–Trinajstić information content (AvgIpc) is 3.08. The summed E-state index contributed by atoms with van der Waals surface area (Å²) in [6, 6.07) is 15.2. The molecule has 1 N–H and O–H groups in total. The van der Waals surface area contributed by atoms with Crippen LogP contribution < -0.4 is 15.0 Å². The Morgan fingerprint density at radius 3 is 2.59 bits per heavy atom. The van der Waals surface area contributed by atoms with Crippen LogP contribution in [0.3, 0.4) is 0 Å². The van der Waals surface area contributed by atoms with Gasteiger partial charge in [-0.3, -0.25) is 9.59 Å². The number of hydrogen-bond donors (Lipinski definition) is 1. The van der Waals surface area contributed by atoms with Crippen molar-refractivity contribution in [2.45, 2.75) is 19.6 Å². The Labute approximate surface area is 159 Å². The lowest BCUT2D eigenvalue weighted by atomic mass is 10.1. The second kappa shape index (κ2) is 8.68. The molecule has 6 heteroatoms. The first kappa shape index (κ1) is 18.9. The van der Waals surface area contributed by atoms with E-state index in [0.717, 1.165) is 22.6 Å². The molecule has 0 bridgehead atoms. The maximum absolute atomic E-state index is 12.5. The van der Waals surface area contributed by atoms with Crippen LogP contribution in [-0.2, 0) is 27.5 Å². The largest absolute Gasteiger partial charge is 0.497 e. The average molecular weight is 368 g/mol. The first-order valence-corrected chi connectivity index (χ1v) is 8.89. The van der Waals surface area contributed by atoms with Gasteiger partial charge in [0, 0.05) is 32.3 Å². The zero-order chi connectivity index (χ0) is 19.2. The molecule has 1 aliphatic rings. The lowest BCUT2D eigenvalue weighted by Crippen LogP contribution is -2.32. The fraction of sp³-hybridized carbons (Fsp3) is 0.333. The molecule has 2 aromatic carbocycles. The van der Waals surface area contributed by atoms with E-state index in [1.165, 1.54) is 0 Å². The predicted molar refractivity (Wildman–Crippen MR) is 102 cm³/mol. The fourth-order valence-electron chi connectivity index (χ4n) is 3.22. The molecule has 1 fully saturated rings. The summed E-state index contributed by atoms with van der Waals surface area (Å²) in [5.41, 5.74) is 2.85. The molecule has 2 aromatic rings. The van der Waals surface area contributed by atoms with E-state index >= 15 is 0 Å². The van der Waals surface area contributed by atoms with Crippen molar-refractivity contribution in [3.05, 3.63) is 59.7 Å². The molecule has 1 aliphatic heterocycles. The summed E-state index contributed by atoms with van der Waals surface area (Å²) < 4.78 is 10.3. The van der Waals surface area contributed by atoms with Crippen LogP contribution in [0.2, 0.25) is 0 Å². The summed E-state index contributed by atoms with van der Waals surface area (Å²) in [6.45, 7) is 1.36. The minimum Gasteiger partial charge on any atom is -0.497 e. The minimum absolute atomic E-state index is 0.0394. The van der Waals surface area contributed by atoms with Gasteiger partial charge in [-0.2, -0.15) is 0 Å². The van der Waals surface area contributed by atoms with Crippen LogP contribution in [0.4, 0.5) is 5.69 Å². The van der Waals surface area contributed by atoms with E-state index < -0.39 is 0 Å². The zero-order valence-electron chi connectivity index (χ0n) is 15.6. The molecule has 0 saturated carbocycles. The van der Waals surface area contributed by atoms with E-state index in [2.05, 4.69) is 5.32 Å². The third kappa shape index (κ3) is 4.65. The Morgan fingerprint density at radius 1 is 1.15 bits per heavy atom. The van der Waals surface area contributed by atoms with Crippen LogP contribution in [0.15, 0.2) is 48.5 Å². The van der Waals surface area contributed by atoms with Crippen molar-refractivity contribution in [1.29, 1.82) is 0 Å².